The number of rotatable bonds is 5. The summed E-state index contributed by atoms with van der Waals surface area (Å²) in [7, 11) is 0. The van der Waals surface area contributed by atoms with Gasteiger partial charge in [-0.1, -0.05) is 145 Å². The highest BCUT2D eigenvalue weighted by molar-refractivity contribution is 6.13. The van der Waals surface area contributed by atoms with Crippen LogP contribution in [0.3, 0.4) is 0 Å². The first kappa shape index (κ1) is 12.7. The van der Waals surface area contributed by atoms with Crippen LogP contribution >= 0.6 is 0 Å². The normalized spacial score (nSPS) is 20.5. The number of aromatic nitrogens is 3. The Morgan fingerprint density at radius 2 is 0.561 bits per heavy atom. The monoisotopic (exact) mass is 761 g/mol. The summed E-state index contributed by atoms with van der Waals surface area (Å²) >= 11 is 0. The molecule has 0 atom stereocenters. The maximum atomic E-state index is 10.2. The van der Waals surface area contributed by atoms with Gasteiger partial charge in [0, 0.05) is 49.4 Å². The Labute approximate surface area is 378 Å². The van der Waals surface area contributed by atoms with Gasteiger partial charge in [-0.25, -0.2) is 0 Å². The Hall–Kier alpha value is -7.62. The van der Waals surface area contributed by atoms with Crippen LogP contribution in [-0.2, 0) is 0 Å². The van der Waals surface area contributed by atoms with Crippen molar-refractivity contribution in [3.05, 3.63) is 211 Å². The van der Waals surface area contributed by atoms with Gasteiger partial charge in [0.2, 0.25) is 0 Å². The van der Waals surface area contributed by atoms with E-state index in [1.54, 1.807) is 0 Å². The lowest BCUT2D eigenvalue weighted by atomic mass is 10.0. The smallest absolute Gasteiger partial charge is 0.0667 e. The zero-order valence-corrected chi connectivity index (χ0v) is 28.3. The van der Waals surface area contributed by atoms with E-state index in [-0.39, 0.29) is 0 Å². The van der Waals surface area contributed by atoms with Crippen molar-refractivity contribution in [1.29, 1.82) is 0 Å². The van der Waals surface area contributed by atoms with Crippen molar-refractivity contribution in [2.45, 2.75) is 0 Å². The first-order valence-electron chi connectivity index (χ1n) is 34.3. The molecule has 3 nitrogen and oxygen atoms in total. The van der Waals surface area contributed by atoms with Crippen LogP contribution in [0.15, 0.2) is 211 Å². The van der Waals surface area contributed by atoms with E-state index in [1.165, 1.54) is 0 Å². The van der Waals surface area contributed by atoms with Crippen molar-refractivity contribution in [3.8, 4) is 39.3 Å². The molecular weight excluding hydrogens is 691 g/mol. The molecule has 12 rings (SSSR count). The van der Waals surface area contributed by atoms with E-state index in [0.717, 1.165) is 4.57 Å². The Bertz CT molecular complexity index is 5420. The zero-order chi connectivity index (χ0) is 67.9. The van der Waals surface area contributed by atoms with Crippen molar-refractivity contribution in [2.24, 2.45) is 0 Å². The van der Waals surface area contributed by atoms with Crippen LogP contribution in [0.4, 0.5) is 0 Å². The Morgan fingerprint density at radius 1 is 0.228 bits per heavy atom. The fourth-order valence-electron chi connectivity index (χ4n) is 6.80. The van der Waals surface area contributed by atoms with Gasteiger partial charge in [-0.15, -0.1) is 0 Å². The van der Waals surface area contributed by atoms with Crippen molar-refractivity contribution in [1.82, 2.24) is 13.7 Å². The molecule has 266 valence electrons. The molecule has 0 fully saturated rings. The highest BCUT2D eigenvalue weighted by atomic mass is 15.0. The van der Waals surface area contributed by atoms with Crippen molar-refractivity contribution >= 4 is 65.4 Å². The molecule has 9 aromatic carbocycles. The second-order valence-corrected chi connectivity index (χ2v) is 12.3. The van der Waals surface area contributed by atoms with Crippen molar-refractivity contribution < 1.29 is 48.0 Å². The van der Waals surface area contributed by atoms with Gasteiger partial charge >= 0.3 is 0 Å². The lowest BCUT2D eigenvalue weighted by Crippen LogP contribution is -1.97. The van der Waals surface area contributed by atoms with Gasteiger partial charge in [-0.2, -0.15) is 0 Å². The van der Waals surface area contributed by atoms with Crippen LogP contribution in [0.25, 0.3) is 105 Å². The minimum absolute atomic E-state index is 0.509. The maximum Gasteiger partial charge on any atom is 0.0667 e. The third kappa shape index (κ3) is 4.86. The van der Waals surface area contributed by atoms with Gasteiger partial charge in [0.05, 0.1) is 81.1 Å². The topological polar surface area (TPSA) is 14.8 Å². The molecule has 0 aliphatic heterocycles. The SMILES string of the molecule is [2H]c1c([2H])c([2H])c(-c2c([2H])c([2H])c(-c3c([2H])c([2H])c(-n4c5c([2H])c([2H])c([2H])c([2H])c5c5c([2H])c([2H])c(-n6c7c([2H])c([2H])c([2H])c([2H])c7c7c([2H])c(-n8c9c([2H])c([2H])c([2H])c([2H])c9c9c([2H])c([2H])c([2H])c([2H])c98)c([2H])c([2H])c76)c([2H])c54)c([2H])c3[2H])c([2H])c2[2H])c([2H])c1[2H]. The lowest BCUT2D eigenvalue weighted by Gasteiger charge is -2.12. The molecule has 0 bridgehead atoms. The van der Waals surface area contributed by atoms with E-state index in [4.69, 9.17) is 28.8 Å². The summed E-state index contributed by atoms with van der Waals surface area (Å²) in [4.78, 5) is 0. The number of hydrogen-bond donors (Lipinski definition) is 0. The fraction of sp³-hybridized carbons (Fsp3) is 0. The standard InChI is InChI=1S/C54H35N3/c1-2-12-36(13-3-1)37-22-24-38(25-23-37)39-26-28-40(29-27-39)55-49-18-8-6-16-45(49)47-32-30-42(35-54(47)55)57-52-21-11-7-17-46(52)48-34-41(31-33-53(48)57)56-50-19-9-4-14-43(50)44-15-5-10-20-51(44)56/h1-35H/i1D,2D,3D,4D,5D,6D,7D,8D,9D,10D,11D,12D,13D,14D,15D,16D,17D,18D,19D,20D,21D,22D,23D,24D,25D,26D,27D,28D,29D,30D,31D,32D,33D,34D,35D. The van der Waals surface area contributed by atoms with Crippen LogP contribution < -0.4 is 0 Å². The summed E-state index contributed by atoms with van der Waals surface area (Å²) < 4.78 is 320. The van der Waals surface area contributed by atoms with Crippen LogP contribution in [-0.4, -0.2) is 13.7 Å². The maximum absolute atomic E-state index is 10.2. The predicted octanol–water partition coefficient (Wildman–Crippen LogP) is 14.3. The lowest BCUT2D eigenvalue weighted by molar-refractivity contribution is 1.15. The first-order valence-corrected chi connectivity index (χ1v) is 16.8. The second-order valence-electron chi connectivity index (χ2n) is 12.3. The molecule has 0 saturated heterocycles. The molecule has 0 spiro atoms. The summed E-state index contributed by atoms with van der Waals surface area (Å²) in [6.07, 6.45) is 0. The molecule has 0 aliphatic rings. The molecule has 12 aromatic rings. The molecule has 0 radical (unpaired) electrons. The molecule has 3 aromatic heterocycles. The third-order valence-corrected chi connectivity index (χ3v) is 9.23. The molecule has 0 N–H and O–H groups in total. The summed E-state index contributed by atoms with van der Waals surface area (Å²) in [5.74, 6) is 0. The summed E-state index contributed by atoms with van der Waals surface area (Å²) in [6.45, 7) is 0. The minimum Gasteiger partial charge on any atom is -0.309 e. The van der Waals surface area contributed by atoms with Gasteiger partial charge in [0.1, 0.15) is 0 Å². The van der Waals surface area contributed by atoms with Gasteiger partial charge in [-0.3, -0.25) is 0 Å². The van der Waals surface area contributed by atoms with Crippen LogP contribution in [0, 0.1) is 0 Å². The number of para-hydroxylation sites is 4. The minimum atomic E-state index is -1.19. The van der Waals surface area contributed by atoms with Crippen molar-refractivity contribution in [3.63, 3.8) is 0 Å². The summed E-state index contributed by atoms with van der Waals surface area (Å²) in [6, 6.07) is -34.7. The van der Waals surface area contributed by atoms with Gasteiger partial charge in [-0.05, 0) is 88.7 Å². The summed E-state index contributed by atoms with van der Waals surface area (Å²) in [5, 5.41) is -3.78. The average Bonchev–Trinajstić information content (AvgIpc) is 1.48. The molecular formula is C54H35N3. The van der Waals surface area contributed by atoms with Crippen LogP contribution in [0.5, 0.6) is 0 Å². The highest BCUT2D eigenvalue weighted by Crippen LogP contribution is 2.39. The largest absolute Gasteiger partial charge is 0.309 e. The molecule has 0 saturated carbocycles. The van der Waals surface area contributed by atoms with E-state index >= 15 is 0 Å². The molecule has 3 heterocycles. The van der Waals surface area contributed by atoms with Crippen LogP contribution in [0.1, 0.15) is 48.0 Å². The Balaban J connectivity index is 1.25. The van der Waals surface area contributed by atoms with Gasteiger partial charge < -0.3 is 13.7 Å². The number of hydrogen-bond acceptors (Lipinski definition) is 0. The quantitative estimate of drug-likeness (QED) is 0.166. The molecule has 57 heavy (non-hydrogen) atoms. The van der Waals surface area contributed by atoms with E-state index in [0.29, 0.717) is 9.13 Å². The fourth-order valence-corrected chi connectivity index (χ4v) is 6.80. The zero-order valence-electron chi connectivity index (χ0n) is 63.3. The Kier molecular flexibility index (Phi) is 2.78. The van der Waals surface area contributed by atoms with E-state index in [1.807, 2.05) is 0 Å². The number of benzene rings is 9. The molecule has 0 amide bonds. The number of fused-ring (bicyclic) bond motifs is 9. The first-order chi connectivity index (χ1) is 42.9. The Morgan fingerprint density at radius 3 is 1.09 bits per heavy atom. The molecule has 0 aliphatic carbocycles. The summed E-state index contributed by atoms with van der Waals surface area (Å²) in [5.41, 5.74) is -10.6. The molecule has 3 heteroatoms. The van der Waals surface area contributed by atoms with Crippen LogP contribution in [0.2, 0.25) is 0 Å². The predicted molar refractivity (Wildman–Crippen MR) is 240 cm³/mol. The average molecular weight is 761 g/mol. The van der Waals surface area contributed by atoms with E-state index in [2.05, 4.69) is 0 Å². The van der Waals surface area contributed by atoms with E-state index in [9.17, 15) is 19.2 Å². The van der Waals surface area contributed by atoms with Gasteiger partial charge in [0.15, 0.2) is 0 Å². The third-order valence-electron chi connectivity index (χ3n) is 9.23. The second kappa shape index (κ2) is 12.5. The van der Waals surface area contributed by atoms with Gasteiger partial charge in [0.25, 0.3) is 0 Å². The van der Waals surface area contributed by atoms with E-state index < -0.39 is 316 Å². The number of nitrogens with zero attached hydrogens (tertiary/aromatic N) is 3. The molecule has 0 unspecified atom stereocenters. The van der Waals surface area contributed by atoms with Crippen molar-refractivity contribution in [2.75, 3.05) is 0 Å². The highest BCUT2D eigenvalue weighted by Gasteiger charge is 2.18.